The molecule has 0 bridgehead atoms. The number of rotatable bonds is 80. The Bertz CT molecular complexity index is 2570. The molecule has 1 saturated carbocycles. The zero-order chi connectivity index (χ0) is 88.4. The van der Waals surface area contributed by atoms with Gasteiger partial charge in [0.2, 0.25) is 0 Å². The van der Waals surface area contributed by atoms with Gasteiger partial charge in [0.05, 0.1) is 13.2 Å². The van der Waals surface area contributed by atoms with Crippen LogP contribution >= 0.6 is 7.82 Å². The number of ether oxygens (including phenoxy) is 8. The zero-order valence-corrected chi connectivity index (χ0v) is 77.2. The van der Waals surface area contributed by atoms with Gasteiger partial charge in [-0.05, 0) is 57.3 Å². The molecule has 0 aromatic rings. The number of carbonyl (C=O) groups excluding carboxylic acids is 4. The summed E-state index contributed by atoms with van der Waals surface area (Å²) in [4.78, 5) is 66.7. The molecule has 2 saturated heterocycles. The van der Waals surface area contributed by atoms with E-state index in [0.717, 1.165) is 141 Å². The molecule has 26 heteroatoms. The predicted octanol–water partition coefficient (Wildman–Crippen LogP) is 19.0. The number of hydrogen-bond acceptors (Lipinski definition) is 24. The second-order valence-electron chi connectivity index (χ2n) is 35.6. The summed E-state index contributed by atoms with van der Waals surface area (Å²) in [7, 11) is -5.81. The molecule has 19 unspecified atom stereocenters. The maximum Gasteiger partial charge on any atom is 0.472 e. The molecule has 0 aromatic carbocycles. The van der Waals surface area contributed by atoms with Crippen molar-refractivity contribution in [3.63, 3.8) is 0 Å². The van der Waals surface area contributed by atoms with Crippen molar-refractivity contribution in [2.24, 2.45) is 5.92 Å². The van der Waals surface area contributed by atoms with Gasteiger partial charge in [-0.25, -0.2) is 4.57 Å². The third-order valence-corrected chi connectivity index (χ3v) is 25.4. The lowest BCUT2D eigenvalue weighted by Gasteiger charge is -2.50. The number of phosphoric ester groups is 1. The second-order valence-corrected chi connectivity index (χ2v) is 37.0. The topological polar surface area (TPSA) is 380 Å². The third-order valence-electron chi connectivity index (χ3n) is 24.4. The lowest BCUT2D eigenvalue weighted by molar-refractivity contribution is -0.360. The number of esters is 4. The number of carbonyl (C=O) groups is 4. The van der Waals surface area contributed by atoms with E-state index >= 15 is 0 Å². The third kappa shape index (κ3) is 53.1. The van der Waals surface area contributed by atoms with Gasteiger partial charge in [-0.15, -0.1) is 0 Å². The summed E-state index contributed by atoms with van der Waals surface area (Å²) in [5, 5.41) is 103. The summed E-state index contributed by atoms with van der Waals surface area (Å²) in [6, 6.07) is 0. The normalized spacial score (nSPS) is 24.9. The quantitative estimate of drug-likeness (QED) is 0.00889. The van der Waals surface area contributed by atoms with Crippen LogP contribution in [0.25, 0.3) is 0 Å². The fourth-order valence-electron chi connectivity index (χ4n) is 16.5. The van der Waals surface area contributed by atoms with Crippen molar-refractivity contribution in [3.8, 4) is 0 Å². The first kappa shape index (κ1) is 112. The van der Waals surface area contributed by atoms with Crippen molar-refractivity contribution in [2.75, 3.05) is 26.4 Å². The Labute approximate surface area is 731 Å². The van der Waals surface area contributed by atoms with Crippen LogP contribution in [0.3, 0.4) is 0 Å². The van der Waals surface area contributed by atoms with Crippen LogP contribution in [0.4, 0.5) is 0 Å². The summed E-state index contributed by atoms with van der Waals surface area (Å²) in [6.07, 6.45) is 31.8. The highest BCUT2D eigenvalue weighted by molar-refractivity contribution is 7.47. The Morgan fingerprint density at radius 1 is 0.347 bits per heavy atom. The van der Waals surface area contributed by atoms with E-state index in [1.165, 1.54) is 193 Å². The van der Waals surface area contributed by atoms with Crippen molar-refractivity contribution in [2.45, 2.75) is 537 Å². The first-order valence-electron chi connectivity index (χ1n) is 49.3. The number of hydrogen-bond donors (Lipinski definition) is 10. The van der Waals surface area contributed by atoms with Crippen molar-refractivity contribution in [3.05, 3.63) is 12.2 Å². The van der Waals surface area contributed by atoms with Crippen molar-refractivity contribution in [1.29, 1.82) is 0 Å². The monoisotopic (exact) mass is 1750 g/mol. The fourth-order valence-corrected chi connectivity index (χ4v) is 17.5. The van der Waals surface area contributed by atoms with Crippen molar-refractivity contribution >= 4 is 31.7 Å². The Morgan fingerprint density at radius 3 is 1.07 bits per heavy atom. The minimum Gasteiger partial charge on any atom is -0.463 e. The molecule has 1 aliphatic carbocycles. The lowest BCUT2D eigenvalue weighted by atomic mass is 9.84. The summed E-state index contributed by atoms with van der Waals surface area (Å²) in [5.74, 6) is -2.26. The van der Waals surface area contributed by atoms with Crippen LogP contribution in [0.5, 0.6) is 0 Å². The molecule has 0 radical (unpaired) electrons. The highest BCUT2D eigenvalue weighted by Crippen LogP contribution is 2.49. The lowest BCUT2D eigenvalue weighted by Crippen LogP contribution is -2.70. The van der Waals surface area contributed by atoms with E-state index < -0.39 is 162 Å². The number of phosphoric acid groups is 1. The maximum absolute atomic E-state index is 14.9. The first-order chi connectivity index (χ1) is 58.6. The molecule has 0 aromatic heterocycles. The van der Waals surface area contributed by atoms with Gasteiger partial charge in [0.25, 0.3) is 0 Å². The van der Waals surface area contributed by atoms with E-state index in [0.29, 0.717) is 44.4 Å². The molecule has 712 valence electrons. The predicted molar refractivity (Wildman–Crippen MR) is 472 cm³/mol. The van der Waals surface area contributed by atoms with Gasteiger partial charge >= 0.3 is 31.7 Å². The van der Waals surface area contributed by atoms with Gasteiger partial charge in [-0.2, -0.15) is 0 Å². The second kappa shape index (κ2) is 73.0. The number of unbranched alkanes of at least 4 members (excludes halogenated alkanes) is 50. The van der Waals surface area contributed by atoms with Gasteiger partial charge in [0.1, 0.15) is 92.6 Å². The largest absolute Gasteiger partial charge is 0.472 e. The van der Waals surface area contributed by atoms with E-state index in [9.17, 15) is 74.6 Å². The van der Waals surface area contributed by atoms with E-state index in [-0.39, 0.29) is 25.7 Å². The van der Waals surface area contributed by atoms with Crippen LogP contribution in [0, 0.1) is 5.92 Å². The van der Waals surface area contributed by atoms with Crippen LogP contribution in [-0.2, 0) is 70.7 Å². The molecule has 2 aliphatic heterocycles. The Kier molecular flexibility index (Phi) is 67.8. The SMILES string of the molecule is CCCCCC/C=C\CCCCCCCCCC(=O)OC(COC(=O)CCCCCCCCC(C)CCCCCCCC)COP(=O)(O)OC1C(OC2OC(CO)C(O)C(O)C2O)C(O)C(O)C(OC(=O)CCCCCCCCCCCCCCCCCC)C1OC1OC(COC(=O)CCCCCCCCCCCCCCCCC)C(O)C(O)C1O. The molecule has 3 aliphatic rings. The first-order valence-corrected chi connectivity index (χ1v) is 50.8. The molecule has 0 amide bonds. The molecule has 2 heterocycles. The summed E-state index contributed by atoms with van der Waals surface area (Å²) < 4.78 is 73.6. The molecule has 19 atom stereocenters. The Morgan fingerprint density at radius 2 is 0.669 bits per heavy atom. The average molecular weight is 1750 g/mol. The van der Waals surface area contributed by atoms with Crippen molar-refractivity contribution < 1.29 is 122 Å². The molecule has 25 nitrogen and oxygen atoms in total. The fraction of sp³-hybridized carbons (Fsp3) is 0.937. The van der Waals surface area contributed by atoms with Gasteiger partial charge in [0.15, 0.2) is 24.8 Å². The van der Waals surface area contributed by atoms with Gasteiger partial charge < -0.3 is 88.7 Å². The van der Waals surface area contributed by atoms with Gasteiger partial charge in [-0.3, -0.25) is 28.2 Å². The molecule has 0 spiro atoms. The Balaban J connectivity index is 1.91. The summed E-state index contributed by atoms with van der Waals surface area (Å²) in [5.41, 5.74) is 0. The number of aliphatic hydroxyl groups is 9. The van der Waals surface area contributed by atoms with Crippen LogP contribution in [0.2, 0.25) is 0 Å². The molecule has 3 fully saturated rings. The summed E-state index contributed by atoms with van der Waals surface area (Å²) in [6.45, 7) is 7.96. The van der Waals surface area contributed by atoms with Crippen LogP contribution in [0.1, 0.15) is 433 Å². The van der Waals surface area contributed by atoms with Crippen LogP contribution in [0.15, 0.2) is 12.2 Å². The summed E-state index contributed by atoms with van der Waals surface area (Å²) >= 11 is 0. The number of allylic oxidation sites excluding steroid dienone is 2. The highest BCUT2D eigenvalue weighted by atomic mass is 31.2. The van der Waals surface area contributed by atoms with E-state index in [1.54, 1.807) is 0 Å². The molecular weight excluding hydrogens is 1570 g/mol. The van der Waals surface area contributed by atoms with E-state index in [4.69, 9.17) is 46.9 Å². The van der Waals surface area contributed by atoms with E-state index in [1.807, 2.05) is 0 Å². The minimum absolute atomic E-state index is 0.0187. The molecule has 10 N–H and O–H groups in total. The van der Waals surface area contributed by atoms with Gasteiger partial charge in [-0.1, -0.05) is 368 Å². The average Bonchev–Trinajstić information content (AvgIpc) is 0.753. The molecule has 3 rings (SSSR count). The van der Waals surface area contributed by atoms with E-state index in [2.05, 4.69) is 46.8 Å². The highest BCUT2D eigenvalue weighted by Gasteiger charge is 2.60. The zero-order valence-electron chi connectivity index (χ0n) is 76.3. The maximum atomic E-state index is 14.9. The van der Waals surface area contributed by atoms with Crippen molar-refractivity contribution in [1.82, 2.24) is 0 Å². The standard InChI is InChI=1S/C95H177O25P/c1-6-10-14-18-22-25-28-31-34-37-40-43-46-49-57-63-69-81(100)117-90-86(105)87(106)91(118-94-88(107)84(103)82(101)76(70-96)115-94)93(92(90)119-95-89(108)85(104)83(102)77(116-95)73-112-79(98)67-61-54-47-44-41-38-35-32-29-26-23-19-15-11-7-2)120-121(109,110)113-72-75(114-80(99)68-62-56-48-45-42-39-36-33-30-27-24-20-16-12-8-3)71-111-78(97)66-60-55-51-50-53-59-65-74(5)64-58-52-21-17-13-9-4/h27,30,74-77,82-96,101-108H,6-26,28-29,31-73H2,1-5H3,(H,109,110)/b30-27-. The molecule has 121 heavy (non-hydrogen) atoms. The number of aliphatic hydroxyl groups excluding tert-OH is 9. The van der Waals surface area contributed by atoms with Gasteiger partial charge in [0, 0.05) is 25.7 Å². The molecular formula is C95H177O25P. The minimum atomic E-state index is -5.81. The van der Waals surface area contributed by atoms with Crippen LogP contribution < -0.4 is 0 Å². The van der Waals surface area contributed by atoms with Crippen LogP contribution in [-0.4, -0.2) is 205 Å². The smallest absolute Gasteiger partial charge is 0.463 e. The Hall–Kier alpha value is -2.79.